The van der Waals surface area contributed by atoms with E-state index in [0.29, 0.717) is 32.5 Å². The van der Waals surface area contributed by atoms with E-state index in [0.717, 1.165) is 25.8 Å². The summed E-state index contributed by atoms with van der Waals surface area (Å²) in [6.07, 6.45) is 2.51. The maximum atomic E-state index is 11.8. The summed E-state index contributed by atoms with van der Waals surface area (Å²) < 4.78 is 15.4. The van der Waals surface area contributed by atoms with Crippen LogP contribution in [0.25, 0.3) is 0 Å². The van der Waals surface area contributed by atoms with E-state index in [-0.39, 0.29) is 11.9 Å². The van der Waals surface area contributed by atoms with Gasteiger partial charge < -0.3 is 19.5 Å². The number of hydrogen-bond donors (Lipinski definition) is 1. The number of carbonyl (C=O) groups excluding carboxylic acids is 1. The molecule has 0 spiro atoms. The molecule has 2 unspecified atom stereocenters. The van der Waals surface area contributed by atoms with Gasteiger partial charge in [-0.25, -0.2) is 0 Å². The lowest BCUT2D eigenvalue weighted by atomic mass is 9.93. The molecule has 0 aliphatic carbocycles. The van der Waals surface area contributed by atoms with Crippen molar-refractivity contribution in [1.29, 1.82) is 0 Å². The van der Waals surface area contributed by atoms with E-state index in [2.05, 4.69) is 12.2 Å². The fourth-order valence-electron chi connectivity index (χ4n) is 2.04. The van der Waals surface area contributed by atoms with E-state index in [1.807, 2.05) is 0 Å². The van der Waals surface area contributed by atoms with E-state index < -0.39 is 0 Å². The first-order chi connectivity index (χ1) is 8.74. The summed E-state index contributed by atoms with van der Waals surface area (Å²) in [5.41, 5.74) is 0. The molecule has 0 saturated carbocycles. The first-order valence-electron chi connectivity index (χ1n) is 6.70. The molecule has 18 heavy (non-hydrogen) atoms. The van der Waals surface area contributed by atoms with Crippen LogP contribution in [0.3, 0.4) is 0 Å². The molecule has 2 atom stereocenters. The van der Waals surface area contributed by atoms with Gasteiger partial charge in [0.05, 0.1) is 25.7 Å². The maximum Gasteiger partial charge on any atom is 0.309 e. The number of esters is 1. The van der Waals surface area contributed by atoms with Crippen molar-refractivity contribution in [2.24, 2.45) is 5.92 Å². The van der Waals surface area contributed by atoms with E-state index in [4.69, 9.17) is 14.2 Å². The van der Waals surface area contributed by atoms with Crippen molar-refractivity contribution >= 4 is 5.97 Å². The van der Waals surface area contributed by atoms with Crippen molar-refractivity contribution in [3.63, 3.8) is 0 Å². The third-order valence-electron chi connectivity index (χ3n) is 3.07. The third kappa shape index (κ3) is 6.33. The minimum atomic E-state index is -0.0553. The first-order valence-corrected chi connectivity index (χ1v) is 6.70. The molecule has 0 aromatic rings. The Morgan fingerprint density at radius 3 is 2.83 bits per heavy atom. The lowest BCUT2D eigenvalue weighted by Gasteiger charge is -2.26. The highest BCUT2D eigenvalue weighted by atomic mass is 16.5. The molecule has 0 radical (unpaired) electrons. The van der Waals surface area contributed by atoms with Crippen molar-refractivity contribution < 1.29 is 19.0 Å². The van der Waals surface area contributed by atoms with Crippen molar-refractivity contribution in [2.75, 3.05) is 40.1 Å². The minimum Gasteiger partial charge on any atom is -0.465 e. The zero-order valence-electron chi connectivity index (χ0n) is 11.4. The predicted octanol–water partition coefficient (Wildman–Crippen LogP) is 0.971. The van der Waals surface area contributed by atoms with Gasteiger partial charge in [-0.3, -0.25) is 4.79 Å². The Labute approximate surface area is 109 Å². The summed E-state index contributed by atoms with van der Waals surface area (Å²) in [6, 6.07) is 0.411. The predicted molar refractivity (Wildman–Crippen MR) is 68.5 cm³/mol. The Kier molecular flexibility index (Phi) is 7.96. The van der Waals surface area contributed by atoms with Crippen LogP contribution in [0.15, 0.2) is 0 Å². The number of nitrogens with one attached hydrogen (secondary N) is 1. The molecular formula is C13H25NO4. The summed E-state index contributed by atoms with van der Waals surface area (Å²) in [5.74, 6) is 0.0101. The monoisotopic (exact) mass is 259 g/mol. The molecule has 5 heteroatoms. The lowest BCUT2D eigenvalue weighted by molar-refractivity contribution is -0.150. The Balaban J connectivity index is 1.99. The lowest BCUT2D eigenvalue weighted by Crippen LogP contribution is -2.39. The molecule has 1 aliphatic heterocycles. The van der Waals surface area contributed by atoms with Gasteiger partial charge in [0.2, 0.25) is 0 Å². The molecule has 1 N–H and O–H groups in total. The van der Waals surface area contributed by atoms with Crippen molar-refractivity contribution in [3.05, 3.63) is 0 Å². The molecule has 1 fully saturated rings. The summed E-state index contributed by atoms with van der Waals surface area (Å²) in [5, 5.41) is 3.32. The zero-order valence-corrected chi connectivity index (χ0v) is 11.4. The summed E-state index contributed by atoms with van der Waals surface area (Å²) in [7, 11) is 1.64. The molecule has 1 saturated heterocycles. The third-order valence-corrected chi connectivity index (χ3v) is 3.07. The van der Waals surface area contributed by atoms with Crippen LogP contribution in [0.1, 0.15) is 26.2 Å². The summed E-state index contributed by atoms with van der Waals surface area (Å²) in [6.45, 7) is 5.26. The molecular weight excluding hydrogens is 234 g/mol. The van der Waals surface area contributed by atoms with Gasteiger partial charge in [-0.15, -0.1) is 0 Å². The fourth-order valence-corrected chi connectivity index (χ4v) is 2.04. The van der Waals surface area contributed by atoms with Gasteiger partial charge in [-0.05, 0) is 26.3 Å². The Morgan fingerprint density at radius 1 is 1.28 bits per heavy atom. The SMILES string of the molecule is COCCOCCCOC(=O)C1CCNC(C)C1. The number of piperidine rings is 1. The smallest absolute Gasteiger partial charge is 0.309 e. The van der Waals surface area contributed by atoms with Crippen LogP contribution in [-0.4, -0.2) is 52.1 Å². The van der Waals surface area contributed by atoms with Crippen molar-refractivity contribution in [1.82, 2.24) is 5.32 Å². The van der Waals surface area contributed by atoms with Crippen LogP contribution in [0, 0.1) is 5.92 Å². The van der Waals surface area contributed by atoms with Crippen molar-refractivity contribution in [2.45, 2.75) is 32.2 Å². The topological polar surface area (TPSA) is 56.8 Å². The summed E-state index contributed by atoms with van der Waals surface area (Å²) >= 11 is 0. The molecule has 0 bridgehead atoms. The fraction of sp³-hybridized carbons (Fsp3) is 0.923. The van der Waals surface area contributed by atoms with Gasteiger partial charge in [-0.2, -0.15) is 0 Å². The van der Waals surface area contributed by atoms with E-state index in [1.165, 1.54) is 0 Å². The highest BCUT2D eigenvalue weighted by molar-refractivity contribution is 5.72. The van der Waals surface area contributed by atoms with Gasteiger partial charge in [0.1, 0.15) is 0 Å². The van der Waals surface area contributed by atoms with Crippen LogP contribution >= 0.6 is 0 Å². The Morgan fingerprint density at radius 2 is 2.11 bits per heavy atom. The largest absolute Gasteiger partial charge is 0.465 e. The second kappa shape index (κ2) is 9.30. The average Bonchev–Trinajstić information content (AvgIpc) is 2.37. The van der Waals surface area contributed by atoms with Crippen LogP contribution in [0.4, 0.5) is 0 Å². The minimum absolute atomic E-state index is 0.0553. The molecule has 0 amide bonds. The second-order valence-electron chi connectivity index (χ2n) is 4.70. The van der Waals surface area contributed by atoms with Crippen LogP contribution in [-0.2, 0) is 19.0 Å². The number of carbonyl (C=O) groups is 1. The molecule has 106 valence electrons. The maximum absolute atomic E-state index is 11.8. The highest BCUT2D eigenvalue weighted by Crippen LogP contribution is 2.17. The molecule has 5 nitrogen and oxygen atoms in total. The Bertz CT molecular complexity index is 235. The van der Waals surface area contributed by atoms with Crippen molar-refractivity contribution in [3.8, 4) is 0 Å². The molecule has 1 aliphatic rings. The molecule has 0 aromatic heterocycles. The van der Waals surface area contributed by atoms with Gasteiger partial charge in [0, 0.05) is 26.2 Å². The van der Waals surface area contributed by atoms with Gasteiger partial charge in [0.15, 0.2) is 0 Å². The zero-order chi connectivity index (χ0) is 13.2. The van der Waals surface area contributed by atoms with Gasteiger partial charge in [0.25, 0.3) is 0 Å². The standard InChI is InChI=1S/C13H25NO4/c1-11-10-12(4-5-14-11)13(15)18-7-3-6-17-9-8-16-2/h11-12,14H,3-10H2,1-2H3. The number of hydrogen-bond acceptors (Lipinski definition) is 5. The average molecular weight is 259 g/mol. The molecule has 1 heterocycles. The number of methoxy groups -OCH3 is 1. The van der Waals surface area contributed by atoms with E-state index >= 15 is 0 Å². The number of rotatable bonds is 8. The Hall–Kier alpha value is -0.650. The van der Waals surface area contributed by atoms with Crippen LogP contribution in [0.5, 0.6) is 0 Å². The van der Waals surface area contributed by atoms with E-state index in [9.17, 15) is 4.79 Å². The van der Waals surface area contributed by atoms with Gasteiger partial charge >= 0.3 is 5.97 Å². The quantitative estimate of drug-likeness (QED) is 0.520. The number of ether oxygens (including phenoxy) is 3. The first kappa shape index (κ1) is 15.4. The normalized spacial score (nSPS) is 23.9. The van der Waals surface area contributed by atoms with Gasteiger partial charge in [-0.1, -0.05) is 0 Å². The molecule has 0 aromatic carbocycles. The second-order valence-corrected chi connectivity index (χ2v) is 4.70. The van der Waals surface area contributed by atoms with E-state index in [1.54, 1.807) is 7.11 Å². The highest BCUT2D eigenvalue weighted by Gasteiger charge is 2.25. The van der Waals surface area contributed by atoms with Crippen LogP contribution < -0.4 is 5.32 Å². The molecule has 1 rings (SSSR count). The van der Waals surface area contributed by atoms with Crippen LogP contribution in [0.2, 0.25) is 0 Å². The summed E-state index contributed by atoms with van der Waals surface area (Å²) in [4.78, 5) is 11.8.